The second-order valence-electron chi connectivity index (χ2n) is 3.47. The zero-order chi connectivity index (χ0) is 9.97. The normalized spacial score (nSPS) is 15.2. The van der Waals surface area contributed by atoms with E-state index in [0.29, 0.717) is 18.2 Å². The number of ether oxygens (including phenoxy) is 1. The molecule has 1 aliphatic rings. The van der Waals surface area contributed by atoms with Gasteiger partial charge < -0.3 is 4.74 Å². The molecule has 0 aromatic carbocycles. The number of carbonyl (C=O) groups is 1. The monoisotopic (exact) mass is 191 g/mol. The molecule has 1 heterocycles. The molecule has 1 fully saturated rings. The number of aromatic nitrogens is 1. The standard InChI is InChI=1S/C11H13NO2/c1-2-14-11(13)10-6-5-9(7-12-10)8-3-4-8/h5-8H,2-4H2,1H3. The topological polar surface area (TPSA) is 39.2 Å². The number of esters is 1. The summed E-state index contributed by atoms with van der Waals surface area (Å²) in [6.45, 7) is 2.18. The van der Waals surface area contributed by atoms with E-state index in [0.717, 1.165) is 0 Å². The number of pyridine rings is 1. The Balaban J connectivity index is 2.08. The van der Waals surface area contributed by atoms with Crippen LogP contribution in [-0.4, -0.2) is 17.6 Å². The first kappa shape index (κ1) is 9.19. The number of carbonyl (C=O) groups excluding carboxylic acids is 1. The van der Waals surface area contributed by atoms with Crippen LogP contribution in [0.2, 0.25) is 0 Å². The molecule has 1 aliphatic carbocycles. The van der Waals surface area contributed by atoms with Crippen molar-refractivity contribution in [3.05, 3.63) is 29.6 Å². The van der Waals surface area contributed by atoms with Crippen molar-refractivity contribution >= 4 is 5.97 Å². The van der Waals surface area contributed by atoms with Crippen LogP contribution >= 0.6 is 0 Å². The van der Waals surface area contributed by atoms with Gasteiger partial charge >= 0.3 is 5.97 Å². The summed E-state index contributed by atoms with van der Waals surface area (Å²) in [7, 11) is 0. The van der Waals surface area contributed by atoms with Crippen LogP contribution in [-0.2, 0) is 4.74 Å². The second kappa shape index (κ2) is 3.78. The van der Waals surface area contributed by atoms with Crippen LogP contribution in [0.1, 0.15) is 41.7 Å². The Bertz CT molecular complexity index is 328. The smallest absolute Gasteiger partial charge is 0.356 e. The molecule has 0 unspecified atom stereocenters. The SMILES string of the molecule is CCOC(=O)c1ccc(C2CC2)cn1. The van der Waals surface area contributed by atoms with E-state index in [9.17, 15) is 4.79 Å². The Kier molecular flexibility index (Phi) is 2.48. The average Bonchev–Trinajstić information content (AvgIpc) is 3.02. The maximum Gasteiger partial charge on any atom is 0.356 e. The number of rotatable bonds is 3. The van der Waals surface area contributed by atoms with E-state index in [4.69, 9.17) is 4.74 Å². The molecule has 0 atom stereocenters. The van der Waals surface area contributed by atoms with Gasteiger partial charge in [-0.3, -0.25) is 0 Å². The molecule has 1 aromatic heterocycles. The summed E-state index contributed by atoms with van der Waals surface area (Å²) in [5.74, 6) is 0.341. The summed E-state index contributed by atoms with van der Waals surface area (Å²) in [5.41, 5.74) is 1.63. The van der Waals surface area contributed by atoms with E-state index in [2.05, 4.69) is 4.98 Å². The molecule has 0 amide bonds. The van der Waals surface area contributed by atoms with Gasteiger partial charge in [0.25, 0.3) is 0 Å². The van der Waals surface area contributed by atoms with Gasteiger partial charge in [0, 0.05) is 6.20 Å². The Morgan fingerprint density at radius 1 is 1.57 bits per heavy atom. The van der Waals surface area contributed by atoms with Gasteiger partial charge in [0.05, 0.1) is 6.61 Å². The van der Waals surface area contributed by atoms with Gasteiger partial charge in [0.1, 0.15) is 5.69 Å². The van der Waals surface area contributed by atoms with Crippen LogP contribution in [0, 0.1) is 0 Å². The van der Waals surface area contributed by atoms with Crippen molar-refractivity contribution in [2.24, 2.45) is 0 Å². The predicted molar refractivity (Wildman–Crippen MR) is 52.2 cm³/mol. The van der Waals surface area contributed by atoms with Gasteiger partial charge in [0.2, 0.25) is 0 Å². The molecule has 0 spiro atoms. The van der Waals surface area contributed by atoms with Crippen LogP contribution in [0.3, 0.4) is 0 Å². The quantitative estimate of drug-likeness (QED) is 0.687. The van der Waals surface area contributed by atoms with Crippen molar-refractivity contribution in [2.45, 2.75) is 25.7 Å². The van der Waals surface area contributed by atoms with Crippen molar-refractivity contribution < 1.29 is 9.53 Å². The van der Waals surface area contributed by atoms with E-state index in [1.165, 1.54) is 18.4 Å². The Morgan fingerprint density at radius 3 is 2.86 bits per heavy atom. The van der Waals surface area contributed by atoms with E-state index >= 15 is 0 Å². The summed E-state index contributed by atoms with van der Waals surface area (Å²) in [4.78, 5) is 15.3. The van der Waals surface area contributed by atoms with Crippen molar-refractivity contribution in [3.63, 3.8) is 0 Å². The van der Waals surface area contributed by atoms with E-state index in [-0.39, 0.29) is 5.97 Å². The molecule has 0 saturated heterocycles. The lowest BCUT2D eigenvalue weighted by atomic mass is 10.2. The highest BCUT2D eigenvalue weighted by molar-refractivity contribution is 5.87. The van der Waals surface area contributed by atoms with Crippen molar-refractivity contribution in [2.75, 3.05) is 6.61 Å². The molecule has 14 heavy (non-hydrogen) atoms. The average molecular weight is 191 g/mol. The first-order valence-corrected chi connectivity index (χ1v) is 4.94. The minimum atomic E-state index is -0.338. The van der Waals surface area contributed by atoms with Crippen LogP contribution in [0.25, 0.3) is 0 Å². The van der Waals surface area contributed by atoms with Crippen LogP contribution < -0.4 is 0 Å². The summed E-state index contributed by atoms with van der Waals surface area (Å²) >= 11 is 0. The summed E-state index contributed by atoms with van der Waals surface area (Å²) in [5, 5.41) is 0. The molecule has 2 rings (SSSR count). The van der Waals surface area contributed by atoms with Gasteiger partial charge in [-0.15, -0.1) is 0 Å². The highest BCUT2D eigenvalue weighted by atomic mass is 16.5. The fraction of sp³-hybridized carbons (Fsp3) is 0.455. The van der Waals surface area contributed by atoms with Gasteiger partial charge in [0.15, 0.2) is 0 Å². The second-order valence-corrected chi connectivity index (χ2v) is 3.47. The molecule has 0 radical (unpaired) electrons. The molecule has 74 valence electrons. The maximum absolute atomic E-state index is 11.3. The van der Waals surface area contributed by atoms with Crippen LogP contribution in [0.4, 0.5) is 0 Å². The van der Waals surface area contributed by atoms with Crippen molar-refractivity contribution in [3.8, 4) is 0 Å². The largest absolute Gasteiger partial charge is 0.461 e. The zero-order valence-electron chi connectivity index (χ0n) is 8.19. The summed E-state index contributed by atoms with van der Waals surface area (Å²) < 4.78 is 4.84. The Morgan fingerprint density at radius 2 is 2.36 bits per heavy atom. The molecular weight excluding hydrogens is 178 g/mol. The lowest BCUT2D eigenvalue weighted by molar-refractivity contribution is 0.0519. The molecule has 0 aliphatic heterocycles. The fourth-order valence-electron chi connectivity index (χ4n) is 1.39. The predicted octanol–water partition coefficient (Wildman–Crippen LogP) is 2.14. The third-order valence-corrected chi connectivity index (χ3v) is 2.32. The van der Waals surface area contributed by atoms with E-state index < -0.39 is 0 Å². The lowest BCUT2D eigenvalue weighted by Gasteiger charge is -2.01. The zero-order valence-corrected chi connectivity index (χ0v) is 8.19. The van der Waals surface area contributed by atoms with Gasteiger partial charge in [-0.1, -0.05) is 6.07 Å². The highest BCUT2D eigenvalue weighted by Gasteiger charge is 2.23. The first-order chi connectivity index (χ1) is 6.81. The van der Waals surface area contributed by atoms with E-state index in [1.54, 1.807) is 19.2 Å². The number of hydrogen-bond donors (Lipinski definition) is 0. The molecular formula is C11H13NO2. The first-order valence-electron chi connectivity index (χ1n) is 4.94. The molecule has 1 saturated carbocycles. The van der Waals surface area contributed by atoms with Gasteiger partial charge in [-0.25, -0.2) is 9.78 Å². The maximum atomic E-state index is 11.3. The minimum Gasteiger partial charge on any atom is -0.461 e. The third-order valence-electron chi connectivity index (χ3n) is 2.32. The Labute approximate surface area is 83.1 Å². The lowest BCUT2D eigenvalue weighted by Crippen LogP contribution is -2.06. The van der Waals surface area contributed by atoms with E-state index in [1.807, 2.05) is 6.07 Å². The molecule has 3 heteroatoms. The minimum absolute atomic E-state index is 0.338. The fourth-order valence-corrected chi connectivity index (χ4v) is 1.39. The number of nitrogens with zero attached hydrogens (tertiary/aromatic N) is 1. The number of hydrogen-bond acceptors (Lipinski definition) is 3. The van der Waals surface area contributed by atoms with Crippen LogP contribution in [0.5, 0.6) is 0 Å². The summed E-state index contributed by atoms with van der Waals surface area (Å²) in [6, 6.07) is 3.71. The molecule has 1 aromatic rings. The highest BCUT2D eigenvalue weighted by Crippen LogP contribution is 2.39. The summed E-state index contributed by atoms with van der Waals surface area (Å²) in [6.07, 6.45) is 4.28. The van der Waals surface area contributed by atoms with Gasteiger partial charge in [-0.2, -0.15) is 0 Å². The third kappa shape index (κ3) is 1.92. The van der Waals surface area contributed by atoms with Crippen molar-refractivity contribution in [1.29, 1.82) is 0 Å². The molecule has 3 nitrogen and oxygen atoms in total. The molecule has 0 N–H and O–H groups in total. The molecule has 0 bridgehead atoms. The van der Waals surface area contributed by atoms with Crippen molar-refractivity contribution in [1.82, 2.24) is 4.98 Å². The van der Waals surface area contributed by atoms with Gasteiger partial charge in [-0.05, 0) is 37.3 Å². The van der Waals surface area contributed by atoms with Crippen LogP contribution in [0.15, 0.2) is 18.3 Å². The Hall–Kier alpha value is -1.38.